The summed E-state index contributed by atoms with van der Waals surface area (Å²) in [6, 6.07) is 15.4. The van der Waals surface area contributed by atoms with E-state index in [1.54, 1.807) is 24.3 Å². The molecule has 1 N–H and O–H groups in total. The number of carbonyl (C=O) groups is 1. The molecule has 1 atom stereocenters. The first kappa shape index (κ1) is 21.9. The Bertz CT molecular complexity index is 1200. The molecule has 0 spiro atoms. The molecule has 166 valence electrons. The number of fused-ring (bicyclic) bond motifs is 1. The average Bonchev–Trinajstić information content (AvgIpc) is 3.17. The van der Waals surface area contributed by atoms with Gasteiger partial charge < -0.3 is 5.11 Å². The lowest BCUT2D eigenvalue weighted by Gasteiger charge is -2.30. The number of benzene rings is 2. The smallest absolute Gasteiger partial charge is 0.287 e. The second kappa shape index (κ2) is 8.31. The molecule has 0 aliphatic carbocycles. The predicted molar refractivity (Wildman–Crippen MR) is 112 cm³/mol. The van der Waals surface area contributed by atoms with Crippen LogP contribution in [-0.2, 0) is 6.42 Å². The summed E-state index contributed by atoms with van der Waals surface area (Å²) >= 11 is 0. The van der Waals surface area contributed by atoms with Gasteiger partial charge in [0, 0.05) is 17.4 Å². The van der Waals surface area contributed by atoms with E-state index in [9.17, 15) is 27.5 Å². The van der Waals surface area contributed by atoms with Crippen molar-refractivity contribution in [3.05, 3.63) is 65.7 Å². The van der Waals surface area contributed by atoms with Crippen LogP contribution in [-0.4, -0.2) is 45.3 Å². The van der Waals surface area contributed by atoms with E-state index in [1.165, 1.54) is 6.07 Å². The Morgan fingerprint density at radius 2 is 1.81 bits per heavy atom. The maximum Gasteiger partial charge on any atom is 0.287 e. The lowest BCUT2D eigenvalue weighted by atomic mass is 10.0. The van der Waals surface area contributed by atoms with Crippen LogP contribution in [0.4, 0.5) is 17.6 Å². The quantitative estimate of drug-likeness (QED) is 0.569. The van der Waals surface area contributed by atoms with Crippen molar-refractivity contribution in [2.45, 2.75) is 38.3 Å². The molecule has 1 aromatic heterocycles. The summed E-state index contributed by atoms with van der Waals surface area (Å²) < 4.78 is 53.6. The van der Waals surface area contributed by atoms with Crippen LogP contribution in [0.3, 0.4) is 0 Å². The number of amides is 1. The summed E-state index contributed by atoms with van der Waals surface area (Å²) in [6.45, 7) is 2.01. The summed E-state index contributed by atoms with van der Waals surface area (Å²) in [5.41, 5.74) is -1.63. The molecule has 0 unspecified atom stereocenters. The summed E-state index contributed by atoms with van der Waals surface area (Å²) in [5, 5.41) is 14.2. The van der Waals surface area contributed by atoms with E-state index in [0.29, 0.717) is 22.2 Å². The van der Waals surface area contributed by atoms with Crippen LogP contribution in [0, 0.1) is 0 Å². The van der Waals surface area contributed by atoms with Gasteiger partial charge in [0.15, 0.2) is 0 Å². The van der Waals surface area contributed by atoms with Gasteiger partial charge in [-0.1, -0.05) is 49.4 Å². The lowest BCUT2D eigenvalue weighted by molar-refractivity contribution is -0.164. The highest BCUT2D eigenvalue weighted by atomic mass is 19.3. The van der Waals surface area contributed by atoms with Crippen molar-refractivity contribution < 1.29 is 27.5 Å². The summed E-state index contributed by atoms with van der Waals surface area (Å²) in [4.78, 5) is 17.8. The number of aryl methyl sites for hydroxylation is 1. The fourth-order valence-electron chi connectivity index (χ4n) is 3.63. The van der Waals surface area contributed by atoms with Gasteiger partial charge in [0.2, 0.25) is 5.72 Å². The Morgan fingerprint density at radius 3 is 2.44 bits per heavy atom. The predicted octanol–water partition coefficient (Wildman–Crippen LogP) is 4.88. The van der Waals surface area contributed by atoms with Gasteiger partial charge in [-0.15, -0.1) is 0 Å². The van der Waals surface area contributed by atoms with Gasteiger partial charge in [0.1, 0.15) is 5.71 Å². The third-order valence-corrected chi connectivity index (χ3v) is 5.43. The number of rotatable bonds is 5. The van der Waals surface area contributed by atoms with Crippen LogP contribution in [0.1, 0.15) is 29.3 Å². The van der Waals surface area contributed by atoms with Crippen LogP contribution in [0.5, 0.6) is 0 Å². The molecule has 1 aliphatic rings. The summed E-state index contributed by atoms with van der Waals surface area (Å²) in [6.07, 6.45) is -6.98. The molecule has 32 heavy (non-hydrogen) atoms. The second-order valence-corrected chi connectivity index (χ2v) is 7.49. The number of aromatic nitrogens is 1. The topological polar surface area (TPSA) is 65.8 Å². The highest BCUT2D eigenvalue weighted by molar-refractivity contribution is 6.08. The van der Waals surface area contributed by atoms with Crippen LogP contribution < -0.4 is 0 Å². The molecule has 2 aromatic carbocycles. The molecule has 0 bridgehead atoms. The van der Waals surface area contributed by atoms with Gasteiger partial charge in [-0.3, -0.25) is 4.79 Å². The van der Waals surface area contributed by atoms with Crippen molar-refractivity contribution >= 4 is 22.5 Å². The van der Waals surface area contributed by atoms with Crippen molar-refractivity contribution in [2.24, 2.45) is 5.10 Å². The molecule has 0 saturated carbocycles. The van der Waals surface area contributed by atoms with Crippen molar-refractivity contribution in [3.63, 3.8) is 0 Å². The van der Waals surface area contributed by atoms with Crippen molar-refractivity contribution in [1.82, 2.24) is 9.99 Å². The van der Waals surface area contributed by atoms with Gasteiger partial charge in [-0.05, 0) is 24.1 Å². The Balaban J connectivity index is 1.86. The highest BCUT2D eigenvalue weighted by Crippen LogP contribution is 2.36. The van der Waals surface area contributed by atoms with E-state index in [1.807, 2.05) is 31.2 Å². The lowest BCUT2D eigenvalue weighted by Crippen LogP contribution is -2.51. The van der Waals surface area contributed by atoms with Crippen molar-refractivity contribution in [3.8, 4) is 11.3 Å². The maximum atomic E-state index is 13.6. The number of nitrogens with zero attached hydrogens (tertiary/aromatic N) is 3. The molecule has 0 saturated heterocycles. The molecule has 1 amide bonds. The number of hydrazone groups is 1. The molecule has 9 heteroatoms. The van der Waals surface area contributed by atoms with Crippen molar-refractivity contribution in [2.75, 3.05) is 0 Å². The third-order valence-electron chi connectivity index (χ3n) is 5.43. The molecular formula is C23H19F4N3O2. The zero-order valence-electron chi connectivity index (χ0n) is 17.0. The Morgan fingerprint density at radius 1 is 1.12 bits per heavy atom. The van der Waals surface area contributed by atoms with Gasteiger partial charge in [-0.25, -0.2) is 22.5 Å². The van der Waals surface area contributed by atoms with Crippen LogP contribution in [0.2, 0.25) is 0 Å². The van der Waals surface area contributed by atoms with E-state index in [4.69, 9.17) is 0 Å². The largest absolute Gasteiger partial charge is 0.364 e. The summed E-state index contributed by atoms with van der Waals surface area (Å²) in [7, 11) is 0. The number of alkyl halides is 4. The average molecular weight is 445 g/mol. The number of aliphatic hydroxyl groups is 1. The minimum Gasteiger partial charge on any atom is -0.364 e. The van der Waals surface area contributed by atoms with Gasteiger partial charge in [0.25, 0.3) is 18.8 Å². The number of hydrogen-bond donors (Lipinski definition) is 1. The van der Waals surface area contributed by atoms with Crippen molar-refractivity contribution in [1.29, 1.82) is 0 Å². The number of hydrogen-bond acceptors (Lipinski definition) is 4. The molecule has 1 aliphatic heterocycles. The zero-order valence-corrected chi connectivity index (χ0v) is 17.0. The van der Waals surface area contributed by atoms with E-state index >= 15 is 0 Å². The molecule has 2 heterocycles. The van der Waals surface area contributed by atoms with Crippen LogP contribution >= 0.6 is 0 Å². The van der Waals surface area contributed by atoms with Crippen LogP contribution in [0.25, 0.3) is 22.2 Å². The summed E-state index contributed by atoms with van der Waals surface area (Å²) in [5.74, 6) is -1.12. The molecule has 3 aromatic rings. The monoisotopic (exact) mass is 445 g/mol. The number of pyridine rings is 1. The molecule has 0 radical (unpaired) electrons. The maximum absolute atomic E-state index is 13.6. The first-order chi connectivity index (χ1) is 15.2. The Hall–Kier alpha value is -3.33. The third kappa shape index (κ3) is 3.73. The number of para-hydroxylation sites is 1. The second-order valence-electron chi connectivity index (χ2n) is 7.49. The van der Waals surface area contributed by atoms with Gasteiger partial charge in [-0.2, -0.15) is 10.1 Å². The van der Waals surface area contributed by atoms with E-state index in [0.717, 1.165) is 12.0 Å². The fraction of sp³-hybridized carbons (Fsp3) is 0.261. The Labute approximate surface area is 181 Å². The first-order valence-electron chi connectivity index (χ1n) is 9.94. The van der Waals surface area contributed by atoms with Gasteiger partial charge in [0.05, 0.1) is 16.8 Å². The van der Waals surface area contributed by atoms with Crippen LogP contribution in [0.15, 0.2) is 59.7 Å². The molecular weight excluding hydrogens is 426 g/mol. The van der Waals surface area contributed by atoms with E-state index < -0.39 is 36.6 Å². The Kier molecular flexibility index (Phi) is 5.68. The number of carbonyl (C=O) groups excluding carboxylic acids is 1. The van der Waals surface area contributed by atoms with Gasteiger partial charge >= 0.3 is 0 Å². The first-order valence-corrected chi connectivity index (χ1v) is 9.94. The zero-order chi connectivity index (χ0) is 23.0. The van der Waals surface area contributed by atoms with E-state index in [2.05, 4.69) is 10.1 Å². The standard InChI is InChI=1S/C23H19F4N3O2/c1-2-13-7-9-14(10-8-13)18-11-16(15-5-3-4-6-17(15)28-18)21(31)30-23(32,22(26)27)12-19(29-30)20(24)25/h3-11,20,22,32H,2,12H2,1H3/t23-/m1/s1. The SMILES string of the molecule is CCc1ccc(-c2cc(C(=O)N3N=C(C(F)F)C[C@@]3(O)C(F)F)c3ccccc3n2)cc1. The van der Waals surface area contributed by atoms with E-state index in [-0.39, 0.29) is 10.6 Å². The number of halogens is 4. The minimum absolute atomic E-state index is 0.0743. The normalized spacial score (nSPS) is 18.6. The highest BCUT2D eigenvalue weighted by Gasteiger charge is 2.53. The molecule has 4 rings (SSSR count). The fourth-order valence-corrected chi connectivity index (χ4v) is 3.63. The minimum atomic E-state index is -3.50. The molecule has 5 nitrogen and oxygen atoms in total. The molecule has 0 fully saturated rings.